The minimum absolute atomic E-state index is 0.228. The smallest absolute Gasteiger partial charge is 0.335 e. The normalized spacial score (nSPS) is 10.2. The molecule has 21 heavy (non-hydrogen) atoms. The van der Waals surface area contributed by atoms with E-state index in [1.165, 1.54) is 6.07 Å². The van der Waals surface area contributed by atoms with E-state index in [4.69, 9.17) is 5.11 Å². The van der Waals surface area contributed by atoms with Crippen molar-refractivity contribution >= 4 is 33.5 Å². The number of carbonyl (C=O) groups excluding carboxylic acids is 1. The maximum Gasteiger partial charge on any atom is 0.335 e. The highest BCUT2D eigenvalue weighted by molar-refractivity contribution is 9.10. The number of hydrogen-bond donors (Lipinski definition) is 2. The first-order chi connectivity index (χ1) is 9.86. The molecule has 5 heteroatoms. The van der Waals surface area contributed by atoms with Gasteiger partial charge in [-0.1, -0.05) is 15.9 Å². The van der Waals surface area contributed by atoms with E-state index in [1.54, 1.807) is 31.2 Å². The fourth-order valence-corrected chi connectivity index (χ4v) is 2.66. The van der Waals surface area contributed by atoms with Crippen molar-refractivity contribution in [1.82, 2.24) is 0 Å². The van der Waals surface area contributed by atoms with Gasteiger partial charge in [-0.2, -0.15) is 0 Å². The lowest BCUT2D eigenvalue weighted by Gasteiger charge is -2.09. The van der Waals surface area contributed by atoms with Crippen LogP contribution in [-0.4, -0.2) is 17.0 Å². The summed E-state index contributed by atoms with van der Waals surface area (Å²) in [6.45, 7) is 3.61. The van der Waals surface area contributed by atoms with Gasteiger partial charge in [0.25, 0.3) is 5.91 Å². The summed E-state index contributed by atoms with van der Waals surface area (Å²) in [5.74, 6) is -1.21. The van der Waals surface area contributed by atoms with Crippen LogP contribution in [0.2, 0.25) is 0 Å². The molecule has 0 fully saturated rings. The molecule has 2 rings (SSSR count). The lowest BCUT2D eigenvalue weighted by atomic mass is 10.1. The second-order valence-corrected chi connectivity index (χ2v) is 5.72. The number of anilines is 1. The van der Waals surface area contributed by atoms with Gasteiger partial charge in [0.05, 0.1) is 5.56 Å². The van der Waals surface area contributed by atoms with Gasteiger partial charge in [0.2, 0.25) is 0 Å². The van der Waals surface area contributed by atoms with Crippen LogP contribution < -0.4 is 5.32 Å². The van der Waals surface area contributed by atoms with E-state index in [0.29, 0.717) is 16.8 Å². The number of carboxylic acid groups (broad SMARTS) is 1. The average molecular weight is 348 g/mol. The zero-order valence-corrected chi connectivity index (χ0v) is 13.2. The monoisotopic (exact) mass is 347 g/mol. The molecular weight excluding hydrogens is 334 g/mol. The van der Waals surface area contributed by atoms with Gasteiger partial charge in [-0.25, -0.2) is 4.79 Å². The number of nitrogens with one attached hydrogen (secondary N) is 1. The van der Waals surface area contributed by atoms with Crippen LogP contribution in [0.5, 0.6) is 0 Å². The Bertz CT molecular complexity index is 705. The second kappa shape index (κ2) is 6.10. The van der Waals surface area contributed by atoms with Crippen LogP contribution in [-0.2, 0) is 0 Å². The molecule has 0 spiro atoms. The minimum Gasteiger partial charge on any atom is -0.478 e. The van der Waals surface area contributed by atoms with E-state index >= 15 is 0 Å². The summed E-state index contributed by atoms with van der Waals surface area (Å²) in [6.07, 6.45) is 0. The number of amides is 1. The number of halogens is 1. The fraction of sp³-hybridized carbons (Fsp3) is 0.125. The Hall–Kier alpha value is -2.14. The molecule has 0 aromatic heterocycles. The third-order valence-corrected chi connectivity index (χ3v) is 3.48. The summed E-state index contributed by atoms with van der Waals surface area (Å²) in [5, 5.41) is 11.8. The molecule has 0 bridgehead atoms. The molecule has 0 radical (unpaired) electrons. The standard InChI is InChI=1S/C16H14BrNO3/c1-9-5-11(8-12(17)6-9)15(19)18-13-3-4-14(16(20)21)10(2)7-13/h3-8H,1-2H3,(H,18,19)(H,20,21). The van der Waals surface area contributed by atoms with Gasteiger partial charge < -0.3 is 10.4 Å². The number of carbonyl (C=O) groups is 2. The molecule has 0 atom stereocenters. The van der Waals surface area contributed by atoms with E-state index in [2.05, 4.69) is 21.2 Å². The average Bonchev–Trinajstić information content (AvgIpc) is 2.37. The molecule has 0 aliphatic heterocycles. The van der Waals surface area contributed by atoms with Crippen molar-refractivity contribution in [1.29, 1.82) is 0 Å². The SMILES string of the molecule is Cc1cc(Br)cc(C(=O)Nc2ccc(C(=O)O)c(C)c2)c1. The zero-order chi connectivity index (χ0) is 15.6. The highest BCUT2D eigenvalue weighted by Gasteiger charge is 2.10. The predicted molar refractivity (Wildman–Crippen MR) is 85.0 cm³/mol. The second-order valence-electron chi connectivity index (χ2n) is 4.81. The first-order valence-electron chi connectivity index (χ1n) is 6.29. The molecule has 2 aromatic rings. The lowest BCUT2D eigenvalue weighted by molar-refractivity contribution is 0.0696. The highest BCUT2D eigenvalue weighted by atomic mass is 79.9. The molecule has 0 aliphatic carbocycles. The molecule has 2 aromatic carbocycles. The topological polar surface area (TPSA) is 66.4 Å². The molecule has 2 N–H and O–H groups in total. The fourth-order valence-electron chi connectivity index (χ4n) is 2.05. The molecule has 0 saturated heterocycles. The molecular formula is C16H14BrNO3. The van der Waals surface area contributed by atoms with Gasteiger partial charge >= 0.3 is 5.97 Å². The summed E-state index contributed by atoms with van der Waals surface area (Å²) >= 11 is 3.36. The maximum atomic E-state index is 12.2. The van der Waals surface area contributed by atoms with Crippen LogP contribution in [0.3, 0.4) is 0 Å². The van der Waals surface area contributed by atoms with Crippen molar-refractivity contribution in [3.8, 4) is 0 Å². The summed E-state index contributed by atoms with van der Waals surface area (Å²) in [7, 11) is 0. The molecule has 0 aliphatic rings. The third-order valence-electron chi connectivity index (χ3n) is 3.02. The largest absolute Gasteiger partial charge is 0.478 e. The molecule has 1 amide bonds. The number of rotatable bonds is 3. The van der Waals surface area contributed by atoms with Crippen LogP contribution >= 0.6 is 15.9 Å². The van der Waals surface area contributed by atoms with E-state index in [-0.39, 0.29) is 11.5 Å². The Morgan fingerprint density at radius 2 is 1.81 bits per heavy atom. The van der Waals surface area contributed by atoms with Crippen LogP contribution in [0, 0.1) is 13.8 Å². The van der Waals surface area contributed by atoms with Gasteiger partial charge in [-0.05, 0) is 61.4 Å². The number of carboxylic acids is 1. The van der Waals surface area contributed by atoms with Crippen molar-refractivity contribution in [3.63, 3.8) is 0 Å². The molecule has 4 nitrogen and oxygen atoms in total. The molecule has 0 saturated carbocycles. The summed E-state index contributed by atoms with van der Waals surface area (Å²) < 4.78 is 0.838. The highest BCUT2D eigenvalue weighted by Crippen LogP contribution is 2.19. The summed E-state index contributed by atoms with van der Waals surface area (Å²) in [4.78, 5) is 23.2. The van der Waals surface area contributed by atoms with E-state index < -0.39 is 5.97 Å². The van der Waals surface area contributed by atoms with Gasteiger partial charge in [0.15, 0.2) is 0 Å². The molecule has 108 valence electrons. The number of hydrogen-bond acceptors (Lipinski definition) is 2. The quantitative estimate of drug-likeness (QED) is 0.881. The van der Waals surface area contributed by atoms with Crippen molar-refractivity contribution < 1.29 is 14.7 Å². The summed E-state index contributed by atoms with van der Waals surface area (Å²) in [5.41, 5.74) is 2.92. The Morgan fingerprint density at radius 1 is 1.10 bits per heavy atom. The van der Waals surface area contributed by atoms with Crippen molar-refractivity contribution in [2.24, 2.45) is 0 Å². The third kappa shape index (κ3) is 3.70. The molecule has 0 heterocycles. The Balaban J connectivity index is 2.23. The first kappa shape index (κ1) is 15.3. The van der Waals surface area contributed by atoms with Gasteiger partial charge in [-0.3, -0.25) is 4.79 Å². The van der Waals surface area contributed by atoms with E-state index in [9.17, 15) is 9.59 Å². The number of aromatic carboxylic acids is 1. The van der Waals surface area contributed by atoms with Crippen molar-refractivity contribution in [2.45, 2.75) is 13.8 Å². The van der Waals surface area contributed by atoms with Crippen molar-refractivity contribution in [3.05, 3.63) is 63.1 Å². The molecule has 0 unspecified atom stereocenters. The maximum absolute atomic E-state index is 12.2. The Kier molecular flexibility index (Phi) is 4.43. The predicted octanol–water partition coefficient (Wildman–Crippen LogP) is 4.02. The Morgan fingerprint density at radius 3 is 2.38 bits per heavy atom. The van der Waals surface area contributed by atoms with Crippen LogP contribution in [0.15, 0.2) is 40.9 Å². The van der Waals surface area contributed by atoms with Crippen LogP contribution in [0.4, 0.5) is 5.69 Å². The summed E-state index contributed by atoms with van der Waals surface area (Å²) in [6, 6.07) is 10.2. The van der Waals surface area contributed by atoms with Crippen LogP contribution in [0.1, 0.15) is 31.8 Å². The van der Waals surface area contributed by atoms with E-state index in [0.717, 1.165) is 10.0 Å². The lowest BCUT2D eigenvalue weighted by Crippen LogP contribution is -2.12. The Labute approximate surface area is 130 Å². The van der Waals surface area contributed by atoms with Crippen molar-refractivity contribution in [2.75, 3.05) is 5.32 Å². The first-order valence-corrected chi connectivity index (χ1v) is 7.08. The van der Waals surface area contributed by atoms with Crippen LogP contribution in [0.25, 0.3) is 0 Å². The number of aryl methyl sites for hydroxylation is 2. The number of benzene rings is 2. The zero-order valence-electron chi connectivity index (χ0n) is 11.6. The van der Waals surface area contributed by atoms with Gasteiger partial charge in [0, 0.05) is 15.7 Å². The minimum atomic E-state index is -0.979. The van der Waals surface area contributed by atoms with E-state index in [1.807, 2.05) is 13.0 Å². The van der Waals surface area contributed by atoms with Gasteiger partial charge in [0.1, 0.15) is 0 Å². The van der Waals surface area contributed by atoms with Gasteiger partial charge in [-0.15, -0.1) is 0 Å².